The quantitative estimate of drug-likeness (QED) is 0.672. The second kappa shape index (κ2) is 8.64. The van der Waals surface area contributed by atoms with Gasteiger partial charge in [-0.3, -0.25) is 4.79 Å². The largest absolute Gasteiger partial charge is 0.363 e. The van der Waals surface area contributed by atoms with Crippen molar-refractivity contribution in [1.82, 2.24) is 20.4 Å². The fourth-order valence-corrected chi connectivity index (χ4v) is 2.52. The molecule has 0 unspecified atom stereocenters. The SMILES string of the molecule is CN(C)c1cc(CNC(=O)CCc2nc(-c3ccc(Cl)cc3)no2)ccn1. The van der Waals surface area contributed by atoms with Crippen molar-refractivity contribution in [3.63, 3.8) is 0 Å². The molecule has 0 saturated carbocycles. The number of carbonyl (C=O) groups is 1. The molecule has 2 aromatic heterocycles. The van der Waals surface area contributed by atoms with Crippen molar-refractivity contribution in [3.05, 3.63) is 59.1 Å². The van der Waals surface area contributed by atoms with Crippen LogP contribution >= 0.6 is 11.6 Å². The van der Waals surface area contributed by atoms with E-state index in [4.69, 9.17) is 16.1 Å². The van der Waals surface area contributed by atoms with Gasteiger partial charge in [-0.1, -0.05) is 16.8 Å². The number of pyridine rings is 1. The summed E-state index contributed by atoms with van der Waals surface area (Å²) in [6.07, 6.45) is 2.38. The van der Waals surface area contributed by atoms with Crippen molar-refractivity contribution in [2.24, 2.45) is 0 Å². The summed E-state index contributed by atoms with van der Waals surface area (Å²) in [5, 5.41) is 7.48. The van der Waals surface area contributed by atoms with Gasteiger partial charge in [-0.25, -0.2) is 4.98 Å². The molecule has 0 spiro atoms. The van der Waals surface area contributed by atoms with E-state index in [0.717, 1.165) is 16.9 Å². The number of nitrogens with zero attached hydrogens (tertiary/aromatic N) is 4. The van der Waals surface area contributed by atoms with Crippen LogP contribution in [0.15, 0.2) is 47.1 Å². The number of aromatic nitrogens is 3. The second-order valence-electron chi connectivity index (χ2n) is 6.21. The van der Waals surface area contributed by atoms with Crippen LogP contribution in [0.25, 0.3) is 11.4 Å². The second-order valence-corrected chi connectivity index (χ2v) is 6.65. The number of hydrogen-bond donors (Lipinski definition) is 1. The van der Waals surface area contributed by atoms with Crippen LogP contribution in [0.4, 0.5) is 5.82 Å². The molecule has 3 aromatic rings. The summed E-state index contributed by atoms with van der Waals surface area (Å²) < 4.78 is 5.22. The molecule has 0 saturated heterocycles. The van der Waals surface area contributed by atoms with Crippen LogP contribution in [0.1, 0.15) is 17.9 Å². The van der Waals surface area contributed by atoms with Gasteiger partial charge in [0.2, 0.25) is 17.6 Å². The van der Waals surface area contributed by atoms with Gasteiger partial charge < -0.3 is 14.7 Å². The Bertz CT molecular complexity index is 908. The average molecular weight is 386 g/mol. The van der Waals surface area contributed by atoms with Gasteiger partial charge in [0.05, 0.1) is 0 Å². The summed E-state index contributed by atoms with van der Waals surface area (Å²) in [6, 6.07) is 11.0. The third-order valence-electron chi connectivity index (χ3n) is 3.89. The summed E-state index contributed by atoms with van der Waals surface area (Å²) in [4.78, 5) is 22.6. The molecule has 8 heteroatoms. The minimum absolute atomic E-state index is 0.0792. The average Bonchev–Trinajstić information content (AvgIpc) is 3.14. The van der Waals surface area contributed by atoms with E-state index in [1.54, 1.807) is 18.3 Å². The number of amides is 1. The maximum atomic E-state index is 12.1. The lowest BCUT2D eigenvalue weighted by Gasteiger charge is -2.12. The zero-order valence-corrected chi connectivity index (χ0v) is 15.9. The molecular formula is C19H20ClN5O2. The number of rotatable bonds is 7. The maximum absolute atomic E-state index is 12.1. The first-order chi connectivity index (χ1) is 13.0. The van der Waals surface area contributed by atoms with Crippen LogP contribution in [-0.2, 0) is 17.8 Å². The van der Waals surface area contributed by atoms with Crippen LogP contribution in [0.5, 0.6) is 0 Å². The predicted octanol–water partition coefficient (Wildman–Crippen LogP) is 3.10. The highest BCUT2D eigenvalue weighted by molar-refractivity contribution is 6.30. The van der Waals surface area contributed by atoms with Crippen molar-refractivity contribution < 1.29 is 9.32 Å². The molecule has 7 nitrogen and oxygen atoms in total. The smallest absolute Gasteiger partial charge is 0.227 e. The van der Waals surface area contributed by atoms with E-state index < -0.39 is 0 Å². The molecule has 3 rings (SSSR count). The minimum atomic E-state index is -0.0792. The molecule has 1 amide bonds. The van der Waals surface area contributed by atoms with Crippen molar-refractivity contribution in [1.29, 1.82) is 0 Å². The van der Waals surface area contributed by atoms with Gasteiger partial charge >= 0.3 is 0 Å². The van der Waals surface area contributed by atoms with Gasteiger partial charge in [-0.05, 0) is 42.0 Å². The molecule has 0 aliphatic heterocycles. The number of carbonyl (C=O) groups excluding carboxylic acids is 1. The summed E-state index contributed by atoms with van der Waals surface area (Å²) in [7, 11) is 3.85. The molecule has 1 aromatic carbocycles. The first kappa shape index (κ1) is 18.8. The van der Waals surface area contributed by atoms with E-state index in [2.05, 4.69) is 20.4 Å². The summed E-state index contributed by atoms with van der Waals surface area (Å²) >= 11 is 5.87. The number of hydrogen-bond acceptors (Lipinski definition) is 6. The van der Waals surface area contributed by atoms with Crippen LogP contribution in [0.3, 0.4) is 0 Å². The summed E-state index contributed by atoms with van der Waals surface area (Å²) in [6.45, 7) is 0.446. The molecule has 0 radical (unpaired) electrons. The number of aryl methyl sites for hydroxylation is 1. The van der Waals surface area contributed by atoms with Gasteiger partial charge in [-0.2, -0.15) is 4.98 Å². The fourth-order valence-electron chi connectivity index (χ4n) is 2.40. The van der Waals surface area contributed by atoms with E-state index in [1.807, 2.05) is 43.3 Å². The van der Waals surface area contributed by atoms with Gasteiger partial charge in [0, 0.05) is 50.3 Å². The molecule has 0 atom stereocenters. The Morgan fingerprint density at radius 1 is 1.22 bits per heavy atom. The first-order valence-electron chi connectivity index (χ1n) is 8.49. The molecule has 0 aliphatic carbocycles. The lowest BCUT2D eigenvalue weighted by atomic mass is 10.2. The van der Waals surface area contributed by atoms with E-state index in [-0.39, 0.29) is 12.3 Å². The molecule has 2 heterocycles. The zero-order valence-electron chi connectivity index (χ0n) is 15.1. The first-order valence-corrected chi connectivity index (χ1v) is 8.86. The Balaban J connectivity index is 1.49. The number of anilines is 1. The van der Waals surface area contributed by atoms with E-state index in [1.165, 1.54) is 0 Å². The van der Waals surface area contributed by atoms with E-state index in [9.17, 15) is 4.79 Å². The minimum Gasteiger partial charge on any atom is -0.363 e. The molecule has 0 fully saturated rings. The van der Waals surface area contributed by atoms with Gasteiger partial charge in [-0.15, -0.1) is 0 Å². The van der Waals surface area contributed by atoms with Gasteiger partial charge in [0.1, 0.15) is 5.82 Å². The van der Waals surface area contributed by atoms with Crippen LogP contribution in [0, 0.1) is 0 Å². The van der Waals surface area contributed by atoms with Crippen LogP contribution in [0.2, 0.25) is 5.02 Å². The number of nitrogens with one attached hydrogen (secondary N) is 1. The topological polar surface area (TPSA) is 84.2 Å². The van der Waals surface area contributed by atoms with Crippen molar-refractivity contribution in [2.45, 2.75) is 19.4 Å². The Kier molecular flexibility index (Phi) is 6.03. The lowest BCUT2D eigenvalue weighted by molar-refractivity contribution is -0.121. The summed E-state index contributed by atoms with van der Waals surface area (Å²) in [5.74, 6) is 1.68. The van der Waals surface area contributed by atoms with Crippen molar-refractivity contribution >= 4 is 23.3 Å². The van der Waals surface area contributed by atoms with Gasteiger partial charge in [0.15, 0.2) is 0 Å². The zero-order chi connectivity index (χ0) is 19.2. The van der Waals surface area contributed by atoms with E-state index >= 15 is 0 Å². The Morgan fingerprint density at radius 2 is 2.00 bits per heavy atom. The standard InChI is InChI=1S/C19H20ClN5O2/c1-25(2)16-11-13(9-10-21-16)12-22-17(26)7-8-18-23-19(24-27-18)14-3-5-15(20)6-4-14/h3-6,9-11H,7-8,12H2,1-2H3,(H,22,26). The van der Waals surface area contributed by atoms with Crippen LogP contribution < -0.4 is 10.2 Å². The third-order valence-corrected chi connectivity index (χ3v) is 4.15. The normalized spacial score (nSPS) is 10.6. The third kappa shape index (κ3) is 5.27. The van der Waals surface area contributed by atoms with Crippen LogP contribution in [-0.4, -0.2) is 35.1 Å². The Hall–Kier alpha value is -2.93. The lowest BCUT2D eigenvalue weighted by Crippen LogP contribution is -2.23. The molecule has 0 bridgehead atoms. The van der Waals surface area contributed by atoms with Crippen molar-refractivity contribution in [2.75, 3.05) is 19.0 Å². The highest BCUT2D eigenvalue weighted by Gasteiger charge is 2.11. The Labute approximate surface area is 162 Å². The fraction of sp³-hybridized carbons (Fsp3) is 0.263. The van der Waals surface area contributed by atoms with Gasteiger partial charge in [0.25, 0.3) is 0 Å². The highest BCUT2D eigenvalue weighted by atomic mass is 35.5. The molecule has 0 aliphatic rings. The summed E-state index contributed by atoms with van der Waals surface area (Å²) in [5.41, 5.74) is 1.80. The van der Waals surface area contributed by atoms with Crippen molar-refractivity contribution in [3.8, 4) is 11.4 Å². The monoisotopic (exact) mass is 385 g/mol. The predicted molar refractivity (Wildman–Crippen MR) is 103 cm³/mol. The molecule has 27 heavy (non-hydrogen) atoms. The molecule has 1 N–H and O–H groups in total. The number of benzene rings is 1. The molecule has 140 valence electrons. The highest BCUT2D eigenvalue weighted by Crippen LogP contribution is 2.19. The van der Waals surface area contributed by atoms with E-state index in [0.29, 0.717) is 29.7 Å². The Morgan fingerprint density at radius 3 is 2.74 bits per heavy atom. The maximum Gasteiger partial charge on any atom is 0.227 e. The number of halogens is 1. The molecular weight excluding hydrogens is 366 g/mol.